The van der Waals surface area contributed by atoms with Crippen molar-refractivity contribution in [1.82, 2.24) is 24.6 Å². The lowest BCUT2D eigenvalue weighted by Gasteiger charge is -2.37. The van der Waals surface area contributed by atoms with Crippen molar-refractivity contribution >= 4 is 0 Å². The topological polar surface area (TPSA) is 55.7 Å². The minimum absolute atomic E-state index is 0.134. The Kier molecular flexibility index (Phi) is 6.14. The molecule has 0 spiro atoms. The van der Waals surface area contributed by atoms with Crippen LogP contribution in [0.25, 0.3) is 0 Å². The van der Waals surface area contributed by atoms with Crippen LogP contribution < -0.4 is 0 Å². The van der Waals surface area contributed by atoms with E-state index >= 15 is 0 Å². The van der Waals surface area contributed by atoms with E-state index in [-0.39, 0.29) is 6.04 Å². The van der Waals surface area contributed by atoms with E-state index in [0.717, 1.165) is 58.3 Å². The van der Waals surface area contributed by atoms with Crippen molar-refractivity contribution in [3.05, 3.63) is 48.0 Å². The summed E-state index contributed by atoms with van der Waals surface area (Å²) >= 11 is 0. The van der Waals surface area contributed by atoms with E-state index in [1.54, 1.807) is 0 Å². The van der Waals surface area contributed by atoms with E-state index in [0.29, 0.717) is 12.7 Å². The van der Waals surface area contributed by atoms with Crippen LogP contribution in [0.15, 0.2) is 36.7 Å². The molecule has 1 aromatic carbocycles. The third kappa shape index (κ3) is 4.93. The van der Waals surface area contributed by atoms with E-state index in [1.165, 1.54) is 5.56 Å². The molecule has 0 radical (unpaired) electrons. The predicted octanol–water partition coefficient (Wildman–Crippen LogP) is 1.42. The normalized spacial score (nSPS) is 24.9. The largest absolute Gasteiger partial charge is 0.378 e. The average molecular weight is 371 g/mol. The summed E-state index contributed by atoms with van der Waals surface area (Å²) in [4.78, 5) is 9.54. The lowest BCUT2D eigenvalue weighted by Crippen LogP contribution is -2.47. The minimum atomic E-state index is 0.134. The van der Waals surface area contributed by atoms with Crippen LogP contribution in [0.2, 0.25) is 0 Å². The lowest BCUT2D eigenvalue weighted by atomic mass is 10.2. The zero-order chi connectivity index (χ0) is 18.5. The fourth-order valence-corrected chi connectivity index (χ4v) is 3.82. The Labute approximate surface area is 160 Å². The van der Waals surface area contributed by atoms with Crippen LogP contribution in [-0.4, -0.2) is 83.2 Å². The van der Waals surface area contributed by atoms with Gasteiger partial charge in [-0.1, -0.05) is 30.3 Å². The van der Waals surface area contributed by atoms with Gasteiger partial charge >= 0.3 is 0 Å². The van der Waals surface area contributed by atoms with Crippen molar-refractivity contribution in [1.29, 1.82) is 0 Å². The summed E-state index contributed by atoms with van der Waals surface area (Å²) in [5.41, 5.74) is 1.23. The number of hydrogen-bond donors (Lipinski definition) is 0. The molecule has 0 saturated carbocycles. The fourth-order valence-electron chi connectivity index (χ4n) is 3.82. The molecule has 7 nitrogen and oxygen atoms in total. The van der Waals surface area contributed by atoms with E-state index in [9.17, 15) is 0 Å². The van der Waals surface area contributed by atoms with Gasteiger partial charge in [-0.3, -0.25) is 9.80 Å². The van der Waals surface area contributed by atoms with Crippen LogP contribution in [0.5, 0.6) is 0 Å². The highest BCUT2D eigenvalue weighted by molar-refractivity contribution is 5.14. The SMILES string of the molecule is CC1CN(CCN2CCOCC2c2ncn(Cc3ccccc3)n2)CCO1. The summed E-state index contributed by atoms with van der Waals surface area (Å²) in [6.07, 6.45) is 2.16. The summed E-state index contributed by atoms with van der Waals surface area (Å²) in [6.45, 7) is 10.2. The highest BCUT2D eigenvalue weighted by Gasteiger charge is 2.28. The summed E-state index contributed by atoms with van der Waals surface area (Å²) in [6, 6.07) is 10.5. The van der Waals surface area contributed by atoms with Crippen molar-refractivity contribution in [3.8, 4) is 0 Å². The molecule has 146 valence electrons. The van der Waals surface area contributed by atoms with Gasteiger partial charge in [0.05, 0.1) is 38.5 Å². The Morgan fingerprint density at radius 3 is 2.85 bits per heavy atom. The third-order valence-corrected chi connectivity index (χ3v) is 5.31. The van der Waals surface area contributed by atoms with Crippen LogP contribution in [0, 0.1) is 0 Å². The van der Waals surface area contributed by atoms with Crippen LogP contribution >= 0.6 is 0 Å². The molecule has 0 N–H and O–H groups in total. The average Bonchev–Trinajstić information content (AvgIpc) is 3.16. The van der Waals surface area contributed by atoms with E-state index in [4.69, 9.17) is 14.6 Å². The number of hydrogen-bond acceptors (Lipinski definition) is 6. The predicted molar refractivity (Wildman–Crippen MR) is 103 cm³/mol. The van der Waals surface area contributed by atoms with E-state index in [1.807, 2.05) is 17.1 Å². The van der Waals surface area contributed by atoms with Crippen molar-refractivity contribution in [2.45, 2.75) is 25.6 Å². The van der Waals surface area contributed by atoms with Crippen LogP contribution in [-0.2, 0) is 16.0 Å². The quantitative estimate of drug-likeness (QED) is 0.766. The number of rotatable bonds is 6. The zero-order valence-electron chi connectivity index (χ0n) is 16.0. The summed E-state index contributed by atoms with van der Waals surface area (Å²) in [5, 5.41) is 4.74. The molecule has 0 aliphatic carbocycles. The standard InChI is InChI=1S/C20H29N5O2/c1-17-13-23(9-12-27-17)7-8-24-10-11-26-15-19(24)20-21-16-25(22-20)14-18-5-3-2-4-6-18/h2-6,16-17,19H,7-15H2,1H3. The second kappa shape index (κ2) is 8.93. The van der Waals surface area contributed by atoms with Crippen LogP contribution in [0.3, 0.4) is 0 Å². The van der Waals surface area contributed by atoms with Crippen molar-refractivity contribution in [2.24, 2.45) is 0 Å². The van der Waals surface area contributed by atoms with E-state index in [2.05, 4.69) is 46.0 Å². The maximum atomic E-state index is 5.74. The van der Waals surface area contributed by atoms with Gasteiger partial charge in [-0.2, -0.15) is 5.10 Å². The van der Waals surface area contributed by atoms with Crippen molar-refractivity contribution in [2.75, 3.05) is 52.5 Å². The lowest BCUT2D eigenvalue weighted by molar-refractivity contribution is -0.0376. The second-order valence-corrected chi connectivity index (χ2v) is 7.39. The van der Waals surface area contributed by atoms with Gasteiger partial charge in [-0.15, -0.1) is 0 Å². The molecule has 0 bridgehead atoms. The summed E-state index contributed by atoms with van der Waals surface area (Å²) < 4.78 is 13.3. The van der Waals surface area contributed by atoms with Crippen molar-refractivity contribution in [3.63, 3.8) is 0 Å². The van der Waals surface area contributed by atoms with E-state index < -0.39 is 0 Å². The fraction of sp³-hybridized carbons (Fsp3) is 0.600. The number of nitrogens with zero attached hydrogens (tertiary/aromatic N) is 5. The molecular weight excluding hydrogens is 342 g/mol. The Morgan fingerprint density at radius 2 is 2.00 bits per heavy atom. The molecule has 2 unspecified atom stereocenters. The second-order valence-electron chi connectivity index (χ2n) is 7.39. The summed E-state index contributed by atoms with van der Waals surface area (Å²) in [5.74, 6) is 0.862. The molecule has 3 heterocycles. The van der Waals surface area contributed by atoms with Gasteiger partial charge in [-0.05, 0) is 12.5 Å². The smallest absolute Gasteiger partial charge is 0.170 e. The van der Waals surface area contributed by atoms with Gasteiger partial charge in [-0.25, -0.2) is 9.67 Å². The van der Waals surface area contributed by atoms with Gasteiger partial charge in [0.15, 0.2) is 5.82 Å². The van der Waals surface area contributed by atoms with Crippen molar-refractivity contribution < 1.29 is 9.47 Å². The molecule has 1 aromatic heterocycles. The first-order chi connectivity index (χ1) is 13.3. The Balaban J connectivity index is 1.37. The third-order valence-electron chi connectivity index (χ3n) is 5.31. The van der Waals surface area contributed by atoms with Gasteiger partial charge in [0.1, 0.15) is 6.33 Å². The zero-order valence-corrected chi connectivity index (χ0v) is 16.0. The Bertz CT molecular complexity index is 707. The van der Waals surface area contributed by atoms with Gasteiger partial charge < -0.3 is 9.47 Å². The molecule has 2 atom stereocenters. The van der Waals surface area contributed by atoms with Gasteiger partial charge in [0, 0.05) is 32.7 Å². The molecule has 2 saturated heterocycles. The number of ether oxygens (including phenoxy) is 2. The number of morpholine rings is 2. The monoisotopic (exact) mass is 371 g/mol. The molecule has 7 heteroatoms. The molecule has 4 rings (SSSR count). The molecule has 27 heavy (non-hydrogen) atoms. The molecule has 2 aromatic rings. The highest BCUT2D eigenvalue weighted by Crippen LogP contribution is 2.21. The molecule has 2 aliphatic rings. The van der Waals surface area contributed by atoms with Crippen LogP contribution in [0.1, 0.15) is 24.4 Å². The van der Waals surface area contributed by atoms with Crippen LogP contribution in [0.4, 0.5) is 0 Å². The first kappa shape index (κ1) is 18.6. The maximum absolute atomic E-state index is 5.74. The summed E-state index contributed by atoms with van der Waals surface area (Å²) in [7, 11) is 0. The number of benzene rings is 1. The molecule has 0 amide bonds. The van der Waals surface area contributed by atoms with Gasteiger partial charge in [0.25, 0.3) is 0 Å². The molecule has 2 fully saturated rings. The molecular formula is C20H29N5O2. The first-order valence-electron chi connectivity index (χ1n) is 9.87. The minimum Gasteiger partial charge on any atom is -0.378 e. The first-order valence-corrected chi connectivity index (χ1v) is 9.87. The maximum Gasteiger partial charge on any atom is 0.170 e. The Hall–Kier alpha value is -1.80. The van der Waals surface area contributed by atoms with Gasteiger partial charge in [0.2, 0.25) is 0 Å². The highest BCUT2D eigenvalue weighted by atomic mass is 16.5. The Morgan fingerprint density at radius 1 is 1.11 bits per heavy atom. The number of aromatic nitrogens is 3. The molecule has 2 aliphatic heterocycles.